The van der Waals surface area contributed by atoms with Crippen molar-refractivity contribution < 1.29 is 4.79 Å². The highest BCUT2D eigenvalue weighted by atomic mass is 32.1. The Bertz CT molecular complexity index is 99.8. The molecule has 0 atom stereocenters. The molecule has 0 bridgehead atoms. The molecule has 0 rings (SSSR count). The van der Waals surface area contributed by atoms with E-state index < -0.39 is 0 Å². The summed E-state index contributed by atoms with van der Waals surface area (Å²) in [5, 5.41) is -0.219. The van der Waals surface area contributed by atoms with Gasteiger partial charge in [0.1, 0.15) is 0 Å². The van der Waals surface area contributed by atoms with E-state index in [1.165, 1.54) is 0 Å². The molecule has 3 heteroatoms. The summed E-state index contributed by atoms with van der Waals surface area (Å²) in [7, 11) is 0. The van der Waals surface area contributed by atoms with E-state index in [4.69, 9.17) is 0 Å². The van der Waals surface area contributed by atoms with E-state index in [9.17, 15) is 4.79 Å². The van der Waals surface area contributed by atoms with Gasteiger partial charge in [0.15, 0.2) is 0 Å². The first kappa shape index (κ1) is 9.69. The Balaban J connectivity index is 3.61. The van der Waals surface area contributed by atoms with Crippen LogP contribution in [-0.2, 0) is 0 Å². The Morgan fingerprint density at radius 3 is 1.90 bits per heavy atom. The highest BCUT2D eigenvalue weighted by Crippen LogP contribution is 1.98. The van der Waals surface area contributed by atoms with Crippen LogP contribution < -0.4 is 0 Å². The molecule has 0 aliphatic carbocycles. The Hall–Kier alpha value is -0.310. The maximum absolute atomic E-state index is 10.7. The lowest BCUT2D eigenvalue weighted by atomic mass is 10.4. The van der Waals surface area contributed by atoms with Gasteiger partial charge in [0.25, 0.3) is 0 Å². The zero-order valence-electron chi connectivity index (χ0n) is 6.59. The van der Waals surface area contributed by atoms with Crippen molar-refractivity contribution in [2.45, 2.75) is 26.7 Å². The normalized spacial score (nSPS) is 9.40. The minimum absolute atomic E-state index is 0.219. The van der Waals surface area contributed by atoms with Gasteiger partial charge in [-0.25, -0.2) is 0 Å². The summed E-state index contributed by atoms with van der Waals surface area (Å²) in [5.41, 5.74) is 0. The standard InChI is InChI=1S/C7H14NOS/c1-3-5-8(6-4-2)7(9)10/h3-6H2,1-2H3. The van der Waals surface area contributed by atoms with E-state index in [0.717, 1.165) is 25.9 Å². The van der Waals surface area contributed by atoms with E-state index in [-0.39, 0.29) is 5.24 Å². The maximum atomic E-state index is 10.7. The summed E-state index contributed by atoms with van der Waals surface area (Å²) >= 11 is 4.52. The van der Waals surface area contributed by atoms with Crippen LogP contribution in [0, 0.1) is 0 Å². The molecule has 0 aliphatic heterocycles. The van der Waals surface area contributed by atoms with E-state index in [1.807, 2.05) is 13.8 Å². The van der Waals surface area contributed by atoms with Gasteiger partial charge in [-0.2, -0.15) is 0 Å². The maximum Gasteiger partial charge on any atom is 0.313 e. The first-order chi connectivity index (χ1) is 4.72. The Morgan fingerprint density at radius 1 is 1.30 bits per heavy atom. The lowest BCUT2D eigenvalue weighted by Gasteiger charge is -2.16. The summed E-state index contributed by atoms with van der Waals surface area (Å²) in [6.07, 6.45) is 1.98. The Kier molecular flexibility index (Phi) is 5.30. The highest BCUT2D eigenvalue weighted by molar-refractivity contribution is 7.96. The van der Waals surface area contributed by atoms with Gasteiger partial charge < -0.3 is 4.90 Å². The van der Waals surface area contributed by atoms with Gasteiger partial charge in [0, 0.05) is 13.1 Å². The SMILES string of the molecule is CCCN(CCC)C(=O)[S]. The van der Waals surface area contributed by atoms with E-state index >= 15 is 0 Å². The second kappa shape index (κ2) is 5.47. The third kappa shape index (κ3) is 3.67. The second-order valence-corrected chi connectivity index (χ2v) is 2.60. The summed E-state index contributed by atoms with van der Waals surface area (Å²) in [6, 6.07) is 0. The van der Waals surface area contributed by atoms with Crippen LogP contribution in [0.25, 0.3) is 0 Å². The predicted octanol–water partition coefficient (Wildman–Crippen LogP) is 2.43. The summed E-state index contributed by atoms with van der Waals surface area (Å²) in [6.45, 7) is 5.69. The molecular formula is C7H14NOS. The smallest absolute Gasteiger partial charge is 0.313 e. The highest BCUT2D eigenvalue weighted by Gasteiger charge is 2.06. The summed E-state index contributed by atoms with van der Waals surface area (Å²) in [5.74, 6) is 0. The van der Waals surface area contributed by atoms with Crippen LogP contribution in [-0.4, -0.2) is 23.2 Å². The molecule has 0 unspecified atom stereocenters. The number of hydrogen-bond donors (Lipinski definition) is 0. The van der Waals surface area contributed by atoms with Gasteiger partial charge in [-0.15, -0.1) is 0 Å². The topological polar surface area (TPSA) is 20.3 Å². The monoisotopic (exact) mass is 160 g/mol. The molecule has 1 amide bonds. The molecule has 0 spiro atoms. The van der Waals surface area contributed by atoms with Crippen molar-refractivity contribution >= 4 is 17.9 Å². The molecule has 2 nitrogen and oxygen atoms in total. The molecule has 10 heavy (non-hydrogen) atoms. The van der Waals surface area contributed by atoms with Crippen LogP contribution in [0.2, 0.25) is 0 Å². The van der Waals surface area contributed by atoms with Gasteiger partial charge in [0.2, 0.25) is 0 Å². The quantitative estimate of drug-likeness (QED) is 0.618. The molecule has 0 aromatic heterocycles. The second-order valence-electron chi connectivity index (χ2n) is 2.25. The van der Waals surface area contributed by atoms with Gasteiger partial charge >= 0.3 is 5.24 Å². The first-order valence-electron chi connectivity index (χ1n) is 3.68. The van der Waals surface area contributed by atoms with Crippen LogP contribution in [0.5, 0.6) is 0 Å². The molecule has 59 valence electrons. The molecule has 0 fully saturated rings. The van der Waals surface area contributed by atoms with Crippen LogP contribution >= 0.6 is 12.6 Å². The third-order valence-electron chi connectivity index (χ3n) is 1.25. The Labute approximate surface area is 68.0 Å². The number of amides is 1. The van der Waals surface area contributed by atoms with Gasteiger partial charge in [0.05, 0.1) is 0 Å². The molecule has 0 N–H and O–H groups in total. The lowest BCUT2D eigenvalue weighted by molar-refractivity contribution is 0.223. The van der Waals surface area contributed by atoms with Crippen molar-refractivity contribution in [2.24, 2.45) is 0 Å². The predicted molar refractivity (Wildman–Crippen MR) is 45.1 cm³/mol. The zero-order valence-corrected chi connectivity index (χ0v) is 7.41. The van der Waals surface area contributed by atoms with Crippen LogP contribution in [0.3, 0.4) is 0 Å². The van der Waals surface area contributed by atoms with E-state index in [2.05, 4.69) is 12.6 Å². The summed E-state index contributed by atoms with van der Waals surface area (Å²) in [4.78, 5) is 12.4. The van der Waals surface area contributed by atoms with Crippen LogP contribution in [0.4, 0.5) is 4.79 Å². The van der Waals surface area contributed by atoms with Crippen molar-refractivity contribution in [3.05, 3.63) is 0 Å². The molecule has 1 radical (unpaired) electrons. The van der Waals surface area contributed by atoms with Crippen LogP contribution in [0.15, 0.2) is 0 Å². The lowest BCUT2D eigenvalue weighted by Crippen LogP contribution is -2.27. The zero-order chi connectivity index (χ0) is 7.98. The molecule has 0 saturated carbocycles. The third-order valence-corrected chi connectivity index (χ3v) is 1.50. The van der Waals surface area contributed by atoms with Crippen molar-refractivity contribution in [3.63, 3.8) is 0 Å². The van der Waals surface area contributed by atoms with E-state index in [0.29, 0.717) is 0 Å². The van der Waals surface area contributed by atoms with E-state index in [1.54, 1.807) is 4.90 Å². The molecule has 0 saturated heterocycles. The fourth-order valence-corrected chi connectivity index (χ4v) is 1.02. The molecule has 0 aliphatic rings. The first-order valence-corrected chi connectivity index (χ1v) is 4.09. The molecule has 0 heterocycles. The van der Waals surface area contributed by atoms with Crippen molar-refractivity contribution in [1.29, 1.82) is 0 Å². The largest absolute Gasteiger partial charge is 0.330 e. The fraction of sp³-hybridized carbons (Fsp3) is 0.857. The molecule has 0 aromatic carbocycles. The van der Waals surface area contributed by atoms with Crippen LogP contribution in [0.1, 0.15) is 26.7 Å². The number of hydrogen-bond acceptors (Lipinski definition) is 1. The van der Waals surface area contributed by atoms with Crippen molar-refractivity contribution in [1.82, 2.24) is 4.90 Å². The average Bonchev–Trinajstić information content (AvgIpc) is 1.87. The Morgan fingerprint density at radius 2 is 1.70 bits per heavy atom. The van der Waals surface area contributed by atoms with Gasteiger partial charge in [-0.3, -0.25) is 4.79 Å². The number of nitrogens with zero attached hydrogens (tertiary/aromatic N) is 1. The molecular weight excluding hydrogens is 146 g/mol. The number of carbonyl (C=O) groups is 1. The van der Waals surface area contributed by atoms with Crippen molar-refractivity contribution in [3.8, 4) is 0 Å². The van der Waals surface area contributed by atoms with Gasteiger partial charge in [-0.1, -0.05) is 13.8 Å². The minimum Gasteiger partial charge on any atom is -0.330 e. The van der Waals surface area contributed by atoms with Gasteiger partial charge in [-0.05, 0) is 25.5 Å². The number of carbonyl (C=O) groups excluding carboxylic acids is 1. The average molecular weight is 160 g/mol. The van der Waals surface area contributed by atoms with Crippen molar-refractivity contribution in [2.75, 3.05) is 13.1 Å². The number of rotatable bonds is 4. The fourth-order valence-electron chi connectivity index (χ4n) is 0.834. The minimum atomic E-state index is -0.219. The summed E-state index contributed by atoms with van der Waals surface area (Å²) < 4.78 is 0. The molecule has 0 aromatic rings.